The van der Waals surface area contributed by atoms with Crippen molar-refractivity contribution in [3.63, 3.8) is 0 Å². The number of thiazole rings is 1. The van der Waals surface area contributed by atoms with E-state index in [1.165, 1.54) is 13.3 Å². The number of ether oxygens (including phenoxy) is 1. The Kier molecular flexibility index (Phi) is 2.93. The first-order valence-electron chi connectivity index (χ1n) is 3.11. The van der Waals surface area contributed by atoms with Gasteiger partial charge in [0.2, 0.25) is 0 Å². The summed E-state index contributed by atoms with van der Waals surface area (Å²) in [5.74, 6) is 0. The normalized spacial score (nSPS) is 13.4. The predicted octanol–water partition coefficient (Wildman–Crippen LogP) is 1.45. The quantitative estimate of drug-likeness (QED) is 0.793. The standard InChI is InChI=1S/C6H7F2NO2S/c1-11-6-9-2-3(12-6)4(10)5(7)8/h2,4-5,10H,1H3. The van der Waals surface area contributed by atoms with Crippen LogP contribution in [0.1, 0.15) is 11.0 Å². The highest BCUT2D eigenvalue weighted by molar-refractivity contribution is 7.13. The number of hydrogen-bond acceptors (Lipinski definition) is 4. The van der Waals surface area contributed by atoms with Crippen LogP contribution in [0.15, 0.2) is 6.20 Å². The number of alkyl halides is 2. The maximum absolute atomic E-state index is 11.9. The third-order valence-electron chi connectivity index (χ3n) is 1.21. The second-order valence-electron chi connectivity index (χ2n) is 2.01. The van der Waals surface area contributed by atoms with Crippen molar-refractivity contribution >= 4 is 11.3 Å². The summed E-state index contributed by atoms with van der Waals surface area (Å²) in [7, 11) is 1.39. The first kappa shape index (κ1) is 9.34. The minimum absolute atomic E-state index is 0.113. The third-order valence-corrected chi connectivity index (χ3v) is 2.24. The zero-order chi connectivity index (χ0) is 9.14. The monoisotopic (exact) mass is 195 g/mol. The molecule has 0 radical (unpaired) electrons. The van der Waals surface area contributed by atoms with Gasteiger partial charge in [-0.2, -0.15) is 0 Å². The zero-order valence-corrected chi connectivity index (χ0v) is 7.02. The van der Waals surface area contributed by atoms with Crippen LogP contribution in [-0.2, 0) is 0 Å². The molecule has 1 aromatic heterocycles. The molecule has 1 heterocycles. The van der Waals surface area contributed by atoms with E-state index in [9.17, 15) is 8.78 Å². The maximum Gasteiger partial charge on any atom is 0.273 e. The number of aromatic nitrogens is 1. The average molecular weight is 195 g/mol. The summed E-state index contributed by atoms with van der Waals surface area (Å²) in [5.41, 5.74) is 0. The van der Waals surface area contributed by atoms with Gasteiger partial charge >= 0.3 is 0 Å². The van der Waals surface area contributed by atoms with E-state index in [1.807, 2.05) is 0 Å². The number of rotatable bonds is 3. The van der Waals surface area contributed by atoms with Gasteiger partial charge in [-0.05, 0) is 0 Å². The van der Waals surface area contributed by atoms with Gasteiger partial charge in [0.25, 0.3) is 11.6 Å². The van der Waals surface area contributed by atoms with Gasteiger partial charge < -0.3 is 9.84 Å². The summed E-state index contributed by atoms with van der Waals surface area (Å²) in [4.78, 5) is 3.75. The van der Waals surface area contributed by atoms with Crippen molar-refractivity contribution < 1.29 is 18.6 Å². The van der Waals surface area contributed by atoms with Crippen LogP contribution in [0, 0.1) is 0 Å². The number of methoxy groups -OCH3 is 1. The lowest BCUT2D eigenvalue weighted by Gasteiger charge is -2.03. The van der Waals surface area contributed by atoms with Gasteiger partial charge in [-0.1, -0.05) is 11.3 Å². The lowest BCUT2D eigenvalue weighted by atomic mass is 10.3. The minimum Gasteiger partial charge on any atom is -0.473 e. The third kappa shape index (κ3) is 1.89. The molecule has 1 rings (SSSR count). The summed E-state index contributed by atoms with van der Waals surface area (Å²) < 4.78 is 28.5. The molecule has 0 fully saturated rings. The SMILES string of the molecule is COc1ncc(C(O)C(F)F)s1. The van der Waals surface area contributed by atoms with Gasteiger partial charge in [0, 0.05) is 6.20 Å². The molecule has 1 unspecified atom stereocenters. The van der Waals surface area contributed by atoms with Gasteiger partial charge in [0.1, 0.15) is 0 Å². The Morgan fingerprint density at radius 1 is 1.67 bits per heavy atom. The number of hydrogen-bond donors (Lipinski definition) is 1. The lowest BCUT2D eigenvalue weighted by Crippen LogP contribution is -2.05. The fourth-order valence-electron chi connectivity index (χ4n) is 0.625. The Labute approximate surface area is 71.6 Å². The summed E-state index contributed by atoms with van der Waals surface area (Å²) in [5, 5.41) is 9.14. The van der Waals surface area contributed by atoms with E-state index in [-0.39, 0.29) is 10.1 Å². The lowest BCUT2D eigenvalue weighted by molar-refractivity contribution is -0.00381. The van der Waals surface area contributed by atoms with Crippen LogP contribution >= 0.6 is 11.3 Å². The molecule has 3 nitrogen and oxygen atoms in total. The molecular formula is C6H7F2NO2S. The molecule has 0 saturated carbocycles. The van der Waals surface area contributed by atoms with Crippen molar-refractivity contribution in [2.45, 2.75) is 12.5 Å². The predicted molar refractivity (Wildman–Crippen MR) is 39.6 cm³/mol. The fraction of sp³-hybridized carbons (Fsp3) is 0.500. The Morgan fingerprint density at radius 3 is 2.75 bits per heavy atom. The number of aliphatic hydroxyl groups excluding tert-OH is 1. The van der Waals surface area contributed by atoms with Crippen molar-refractivity contribution in [3.05, 3.63) is 11.1 Å². The summed E-state index contributed by atoms with van der Waals surface area (Å²) in [6.07, 6.45) is -3.36. The van der Waals surface area contributed by atoms with Gasteiger partial charge in [-0.3, -0.25) is 0 Å². The van der Waals surface area contributed by atoms with Gasteiger partial charge in [0.15, 0.2) is 6.10 Å². The molecule has 0 aliphatic rings. The highest BCUT2D eigenvalue weighted by Crippen LogP contribution is 2.29. The fourth-order valence-corrected chi connectivity index (χ4v) is 1.34. The van der Waals surface area contributed by atoms with Gasteiger partial charge in [-0.25, -0.2) is 13.8 Å². The summed E-state index contributed by atoms with van der Waals surface area (Å²) in [6.45, 7) is 0. The molecule has 0 aliphatic carbocycles. The van der Waals surface area contributed by atoms with Crippen LogP contribution in [0.3, 0.4) is 0 Å². The first-order chi connectivity index (χ1) is 5.65. The molecule has 6 heteroatoms. The number of aliphatic hydroxyl groups is 1. The van der Waals surface area contributed by atoms with E-state index in [4.69, 9.17) is 5.11 Å². The van der Waals surface area contributed by atoms with Crippen molar-refractivity contribution in [1.82, 2.24) is 4.98 Å². The molecule has 0 aliphatic heterocycles. The topological polar surface area (TPSA) is 42.4 Å². The molecule has 0 saturated heterocycles. The smallest absolute Gasteiger partial charge is 0.273 e. The van der Waals surface area contributed by atoms with Gasteiger partial charge in [-0.15, -0.1) is 0 Å². The van der Waals surface area contributed by atoms with E-state index in [1.54, 1.807) is 0 Å². The number of nitrogens with zero attached hydrogens (tertiary/aromatic N) is 1. The number of halogens is 2. The van der Waals surface area contributed by atoms with Crippen LogP contribution in [-0.4, -0.2) is 23.6 Å². The molecule has 0 spiro atoms. The van der Waals surface area contributed by atoms with Crippen molar-refractivity contribution in [2.75, 3.05) is 7.11 Å². The first-order valence-corrected chi connectivity index (χ1v) is 3.92. The molecular weight excluding hydrogens is 188 g/mol. The van der Waals surface area contributed by atoms with Crippen LogP contribution < -0.4 is 4.74 Å². The second-order valence-corrected chi connectivity index (χ2v) is 3.04. The van der Waals surface area contributed by atoms with Crippen molar-refractivity contribution in [3.8, 4) is 5.19 Å². The average Bonchev–Trinajstić information content (AvgIpc) is 2.50. The minimum atomic E-state index is -2.78. The maximum atomic E-state index is 11.9. The molecule has 0 aromatic carbocycles. The van der Waals surface area contributed by atoms with E-state index < -0.39 is 12.5 Å². The Morgan fingerprint density at radius 2 is 2.33 bits per heavy atom. The summed E-state index contributed by atoms with van der Waals surface area (Å²) in [6, 6.07) is 0. The summed E-state index contributed by atoms with van der Waals surface area (Å²) >= 11 is 0.906. The molecule has 68 valence electrons. The molecule has 1 aromatic rings. The Bertz CT molecular complexity index is 253. The van der Waals surface area contributed by atoms with Crippen molar-refractivity contribution in [2.24, 2.45) is 0 Å². The van der Waals surface area contributed by atoms with Gasteiger partial charge in [0.05, 0.1) is 12.0 Å². The Hall–Kier alpha value is -0.750. The van der Waals surface area contributed by atoms with E-state index in [0.29, 0.717) is 0 Å². The van der Waals surface area contributed by atoms with Crippen LogP contribution in [0.5, 0.6) is 5.19 Å². The Balaban J connectivity index is 2.74. The van der Waals surface area contributed by atoms with Crippen LogP contribution in [0.4, 0.5) is 8.78 Å². The molecule has 1 N–H and O–H groups in total. The van der Waals surface area contributed by atoms with E-state index >= 15 is 0 Å². The van der Waals surface area contributed by atoms with Crippen LogP contribution in [0.2, 0.25) is 0 Å². The van der Waals surface area contributed by atoms with E-state index in [2.05, 4.69) is 9.72 Å². The highest BCUT2D eigenvalue weighted by Gasteiger charge is 2.21. The van der Waals surface area contributed by atoms with E-state index in [0.717, 1.165) is 11.3 Å². The zero-order valence-electron chi connectivity index (χ0n) is 6.20. The second kappa shape index (κ2) is 3.77. The molecule has 0 bridgehead atoms. The molecule has 0 amide bonds. The molecule has 1 atom stereocenters. The largest absolute Gasteiger partial charge is 0.473 e. The highest BCUT2D eigenvalue weighted by atomic mass is 32.1. The van der Waals surface area contributed by atoms with Crippen molar-refractivity contribution in [1.29, 1.82) is 0 Å². The molecule has 12 heavy (non-hydrogen) atoms. The van der Waals surface area contributed by atoms with Crippen LogP contribution in [0.25, 0.3) is 0 Å².